The van der Waals surface area contributed by atoms with Gasteiger partial charge in [-0.05, 0) is 256 Å². The van der Waals surface area contributed by atoms with E-state index in [4.69, 9.17) is 0 Å². The Bertz CT molecular complexity index is 8340. The van der Waals surface area contributed by atoms with Crippen LogP contribution in [0, 0.1) is 0 Å². The molecule has 0 spiro atoms. The first kappa shape index (κ1) is 72.5. The Labute approximate surface area is 727 Å². The zero-order valence-electron chi connectivity index (χ0n) is 67.6. The Hall–Kier alpha value is -15.6. The first-order chi connectivity index (χ1) is 61.5. The first-order valence-electron chi connectivity index (χ1n) is 42.6. The van der Waals surface area contributed by atoms with Crippen LogP contribution in [-0.2, 0) is 0 Å². The monoisotopic (exact) mass is 1610 g/mol. The Morgan fingerprint density at radius 3 is 1.19 bits per heavy atom. The SMILES string of the molecule is c1ccc(-c2ccc(-c3ccc(N(c4cccc(-c5cccc(-c6cc7cc(-c8cc9ccccc9c9sc%10c(N(c%11ccc(-c%12ccccc%12-c%12cc%13ccccc%13c%13ccccc%12%13)cc%11)c%11ccc(-c%12ccccc%12)c(-c%12ccccc%12)c%11)cccc%10c89)ccc7c7ccccc67)c5)c4)c4cccc5c4sc4c6ccccc6ccc54)cc3)cc2)cc1. The number of rotatable bonds is 15. The van der Waals surface area contributed by atoms with Gasteiger partial charge in [0.15, 0.2) is 0 Å². The van der Waals surface area contributed by atoms with E-state index in [0.717, 1.165) is 61.9 Å². The summed E-state index contributed by atoms with van der Waals surface area (Å²) in [6, 6.07) is 172. The van der Waals surface area contributed by atoms with Crippen LogP contribution < -0.4 is 9.80 Å². The van der Waals surface area contributed by atoms with Gasteiger partial charge in [0.05, 0.1) is 20.8 Å². The molecule has 0 aliphatic rings. The van der Waals surface area contributed by atoms with Crippen molar-refractivity contribution in [1.82, 2.24) is 0 Å². The normalized spacial score (nSPS) is 11.7. The molecule has 0 aliphatic heterocycles. The zero-order valence-corrected chi connectivity index (χ0v) is 69.2. The van der Waals surface area contributed by atoms with Crippen LogP contribution in [0.25, 0.3) is 205 Å². The average Bonchev–Trinajstić information content (AvgIpc) is 1.48. The van der Waals surface area contributed by atoms with E-state index >= 15 is 0 Å². The summed E-state index contributed by atoms with van der Waals surface area (Å²) < 4.78 is 5.04. The molecule has 0 fully saturated rings. The smallest absolute Gasteiger partial charge is 0.0640 e. The molecule has 0 saturated heterocycles. The number of hydrogen-bond acceptors (Lipinski definition) is 4. The maximum absolute atomic E-state index is 2.51. The predicted octanol–water partition coefficient (Wildman–Crippen LogP) is 35.3. The van der Waals surface area contributed by atoms with Crippen molar-refractivity contribution >= 4 is 162 Å². The predicted molar refractivity (Wildman–Crippen MR) is 536 cm³/mol. The quantitative estimate of drug-likeness (QED) is 0.0944. The van der Waals surface area contributed by atoms with Crippen LogP contribution in [0.2, 0.25) is 0 Å². The Kier molecular flexibility index (Phi) is 17.7. The van der Waals surface area contributed by atoms with Crippen molar-refractivity contribution in [3.63, 3.8) is 0 Å². The van der Waals surface area contributed by atoms with Gasteiger partial charge in [-0.3, -0.25) is 0 Å². The standard InChI is InChI=1S/C120H76N2S2/c1-4-26-77(27-5-1)78-52-54-79(55-53-78)80-56-62-92(63-57-80)121(114-50-24-48-107-108-68-60-83-32-10-14-41-100(83)117(108)123-118(107)114)94-38-23-36-86(72-94)85-35-22-37-87(70-85)110-75-91-71-90(61-67-99(91)103-44-18-20-46-105(103)110)112-73-89-34-12-15-42-101(89)120-116(112)109-49-25-51-115(119(109)124-120)122(95-66-69-98(81-28-6-2-7-29-81)111(76-95)82-30-8-3-9-31-82)93-64-58-84(59-65-93)96-39-16-17-45-104(96)113-74-88-33-11-13-40-97(88)102-43-19-21-47-106(102)113/h1-76H. The van der Waals surface area contributed by atoms with Gasteiger partial charge in [-0.1, -0.05) is 370 Å². The van der Waals surface area contributed by atoms with Crippen molar-refractivity contribution in [2.75, 3.05) is 9.80 Å². The maximum atomic E-state index is 2.51. The summed E-state index contributed by atoms with van der Waals surface area (Å²) in [5.41, 5.74) is 27.8. The number of thiophene rings is 2. The number of fused-ring (bicyclic) bond motifs is 16. The van der Waals surface area contributed by atoms with Crippen molar-refractivity contribution in [2.45, 2.75) is 0 Å². The Morgan fingerprint density at radius 2 is 0.516 bits per heavy atom. The fraction of sp³-hybridized carbons (Fsp3) is 0. The second-order valence-corrected chi connectivity index (χ2v) is 34.5. The summed E-state index contributed by atoms with van der Waals surface area (Å²) in [5, 5.41) is 19.8. The lowest BCUT2D eigenvalue weighted by Gasteiger charge is -2.27. The largest absolute Gasteiger partial charge is 0.309 e. The number of hydrogen-bond donors (Lipinski definition) is 0. The fourth-order valence-corrected chi connectivity index (χ4v) is 22.2. The number of nitrogens with zero attached hydrogens (tertiary/aromatic N) is 2. The van der Waals surface area contributed by atoms with Crippen LogP contribution in [0.3, 0.4) is 0 Å². The molecule has 124 heavy (non-hydrogen) atoms. The minimum absolute atomic E-state index is 1.06. The van der Waals surface area contributed by atoms with Gasteiger partial charge in [-0.15, -0.1) is 22.7 Å². The molecular formula is C120H76N2S2. The van der Waals surface area contributed by atoms with Crippen LogP contribution in [0.1, 0.15) is 0 Å². The number of anilines is 6. The van der Waals surface area contributed by atoms with E-state index in [1.807, 2.05) is 22.7 Å². The molecule has 578 valence electrons. The minimum Gasteiger partial charge on any atom is -0.309 e. The summed E-state index contributed by atoms with van der Waals surface area (Å²) in [6.45, 7) is 0. The van der Waals surface area contributed by atoms with E-state index in [1.165, 1.54) is 177 Å². The maximum Gasteiger partial charge on any atom is 0.0640 e. The summed E-state index contributed by atoms with van der Waals surface area (Å²) in [6.07, 6.45) is 0. The first-order valence-corrected chi connectivity index (χ1v) is 44.2. The van der Waals surface area contributed by atoms with E-state index in [0.29, 0.717) is 0 Å². The minimum atomic E-state index is 1.06. The van der Waals surface area contributed by atoms with Gasteiger partial charge in [-0.2, -0.15) is 0 Å². The van der Waals surface area contributed by atoms with Gasteiger partial charge < -0.3 is 9.80 Å². The lowest BCUT2D eigenvalue weighted by Crippen LogP contribution is -2.10. The van der Waals surface area contributed by atoms with Gasteiger partial charge in [0.25, 0.3) is 0 Å². The van der Waals surface area contributed by atoms with E-state index in [9.17, 15) is 0 Å². The Morgan fingerprint density at radius 1 is 0.137 bits per heavy atom. The lowest BCUT2D eigenvalue weighted by molar-refractivity contribution is 1.30. The van der Waals surface area contributed by atoms with Gasteiger partial charge in [0.2, 0.25) is 0 Å². The molecule has 2 aromatic heterocycles. The highest BCUT2D eigenvalue weighted by atomic mass is 32.1. The third kappa shape index (κ3) is 12.5. The molecular weight excluding hydrogens is 1530 g/mol. The van der Waals surface area contributed by atoms with Crippen molar-refractivity contribution in [2.24, 2.45) is 0 Å². The third-order valence-electron chi connectivity index (χ3n) is 25.4. The summed E-state index contributed by atoms with van der Waals surface area (Å²) in [4.78, 5) is 4.99. The van der Waals surface area contributed by atoms with E-state index in [-0.39, 0.29) is 0 Å². The highest BCUT2D eigenvalue weighted by molar-refractivity contribution is 7.28. The second kappa shape index (κ2) is 30.3. The van der Waals surface area contributed by atoms with Crippen LogP contribution in [0.5, 0.6) is 0 Å². The summed E-state index contributed by atoms with van der Waals surface area (Å²) in [5.74, 6) is 0. The summed E-state index contributed by atoms with van der Waals surface area (Å²) >= 11 is 3.80. The molecule has 0 aliphatic carbocycles. The van der Waals surface area contributed by atoms with E-state index in [2.05, 4.69) is 471 Å². The molecule has 0 bridgehead atoms. The van der Waals surface area contributed by atoms with Gasteiger partial charge in [-0.25, -0.2) is 0 Å². The topological polar surface area (TPSA) is 6.48 Å². The fourth-order valence-electron chi connectivity index (χ4n) is 19.5. The van der Waals surface area contributed by atoms with Crippen LogP contribution in [-0.4, -0.2) is 0 Å². The third-order valence-corrected chi connectivity index (χ3v) is 27.9. The highest BCUT2D eigenvalue weighted by Crippen LogP contribution is 2.54. The Balaban J connectivity index is 0.630. The van der Waals surface area contributed by atoms with Gasteiger partial charge >= 0.3 is 0 Å². The molecule has 24 aromatic rings. The van der Waals surface area contributed by atoms with E-state index < -0.39 is 0 Å². The van der Waals surface area contributed by atoms with Crippen LogP contribution in [0.15, 0.2) is 461 Å². The molecule has 0 N–H and O–H groups in total. The highest BCUT2D eigenvalue weighted by Gasteiger charge is 2.26. The molecule has 0 atom stereocenters. The molecule has 24 rings (SSSR count). The van der Waals surface area contributed by atoms with Crippen LogP contribution in [0.4, 0.5) is 34.1 Å². The van der Waals surface area contributed by atoms with Crippen molar-refractivity contribution in [3.8, 4) is 100 Å². The van der Waals surface area contributed by atoms with Crippen LogP contribution >= 0.6 is 22.7 Å². The molecule has 0 unspecified atom stereocenters. The van der Waals surface area contributed by atoms with Gasteiger partial charge in [0.1, 0.15) is 0 Å². The second-order valence-electron chi connectivity index (χ2n) is 32.5. The lowest BCUT2D eigenvalue weighted by atomic mass is 9.89. The summed E-state index contributed by atoms with van der Waals surface area (Å²) in [7, 11) is 0. The number of benzene rings is 22. The molecule has 2 nitrogen and oxygen atoms in total. The van der Waals surface area contributed by atoms with Gasteiger partial charge in [0, 0.05) is 53.7 Å². The molecule has 0 radical (unpaired) electrons. The van der Waals surface area contributed by atoms with Crippen molar-refractivity contribution < 1.29 is 0 Å². The molecule has 0 amide bonds. The van der Waals surface area contributed by atoms with E-state index in [1.54, 1.807) is 0 Å². The zero-order chi connectivity index (χ0) is 81.7. The molecule has 2 heterocycles. The van der Waals surface area contributed by atoms with Crippen molar-refractivity contribution in [1.29, 1.82) is 0 Å². The van der Waals surface area contributed by atoms with Crippen molar-refractivity contribution in [3.05, 3.63) is 461 Å². The molecule has 4 heteroatoms. The molecule has 22 aromatic carbocycles. The average molecular weight is 1610 g/mol. The molecule has 0 saturated carbocycles.